The Labute approximate surface area is 108 Å². The van der Waals surface area contributed by atoms with E-state index in [1.807, 2.05) is 6.07 Å². The van der Waals surface area contributed by atoms with Gasteiger partial charge in [0.1, 0.15) is 0 Å². The summed E-state index contributed by atoms with van der Waals surface area (Å²) in [7, 11) is 0. The maximum Gasteiger partial charge on any atom is 0.0451 e. The Hall–Kier alpha value is -0.570. The first-order valence-corrected chi connectivity index (χ1v) is 6.93. The Morgan fingerprint density at radius 1 is 1.00 bits per heavy atom. The highest BCUT2D eigenvalue weighted by molar-refractivity contribution is 6.31. The maximum absolute atomic E-state index is 6.21. The summed E-state index contributed by atoms with van der Waals surface area (Å²) in [6.45, 7) is 1.87. The number of benzene rings is 1. The molecule has 0 aromatic heterocycles. The summed E-state index contributed by atoms with van der Waals surface area (Å²) in [5.41, 5.74) is 2.57. The second kappa shape index (κ2) is 4.97. The van der Waals surface area contributed by atoms with Crippen molar-refractivity contribution in [3.8, 4) is 0 Å². The molecule has 1 aromatic carbocycles. The van der Waals surface area contributed by atoms with Crippen LogP contribution >= 0.6 is 11.6 Å². The zero-order chi connectivity index (χ0) is 11.7. The average Bonchev–Trinajstić information content (AvgIpc) is 3.20. The van der Waals surface area contributed by atoms with Crippen molar-refractivity contribution < 1.29 is 0 Å². The average molecular weight is 251 g/mol. The summed E-state index contributed by atoms with van der Waals surface area (Å²) in [5.74, 6) is 0. The molecule has 2 aliphatic rings. The van der Waals surface area contributed by atoms with Gasteiger partial charge < -0.3 is 10.6 Å². The molecule has 3 heteroatoms. The molecule has 0 radical (unpaired) electrons. The van der Waals surface area contributed by atoms with Gasteiger partial charge in [0.15, 0.2) is 0 Å². The van der Waals surface area contributed by atoms with Crippen molar-refractivity contribution in [2.75, 3.05) is 0 Å². The Bertz CT molecular complexity index is 397. The fraction of sp³-hybridized carbons (Fsp3) is 0.571. The molecule has 0 spiro atoms. The Morgan fingerprint density at radius 2 is 1.65 bits per heavy atom. The van der Waals surface area contributed by atoms with Crippen LogP contribution in [0.5, 0.6) is 0 Å². The van der Waals surface area contributed by atoms with Gasteiger partial charge in [-0.3, -0.25) is 0 Å². The molecule has 0 unspecified atom stereocenters. The van der Waals surface area contributed by atoms with E-state index in [1.165, 1.54) is 36.8 Å². The zero-order valence-electron chi connectivity index (χ0n) is 10.0. The van der Waals surface area contributed by atoms with Crippen molar-refractivity contribution in [2.24, 2.45) is 0 Å². The van der Waals surface area contributed by atoms with Crippen LogP contribution in [0.1, 0.15) is 36.8 Å². The van der Waals surface area contributed by atoms with E-state index in [4.69, 9.17) is 11.6 Å². The van der Waals surface area contributed by atoms with Crippen LogP contribution in [0.25, 0.3) is 0 Å². The summed E-state index contributed by atoms with van der Waals surface area (Å²) in [6, 6.07) is 7.87. The van der Waals surface area contributed by atoms with Gasteiger partial charge in [0.05, 0.1) is 0 Å². The first-order valence-electron chi connectivity index (χ1n) is 6.55. The van der Waals surface area contributed by atoms with Gasteiger partial charge in [-0.25, -0.2) is 0 Å². The van der Waals surface area contributed by atoms with Crippen LogP contribution in [0.2, 0.25) is 5.02 Å². The lowest BCUT2D eigenvalue weighted by Gasteiger charge is -2.09. The molecular weight excluding hydrogens is 232 g/mol. The van der Waals surface area contributed by atoms with Crippen molar-refractivity contribution in [3.63, 3.8) is 0 Å². The van der Waals surface area contributed by atoms with Gasteiger partial charge in [0.25, 0.3) is 0 Å². The predicted molar refractivity (Wildman–Crippen MR) is 71.2 cm³/mol. The molecular formula is C14H19ClN2. The van der Waals surface area contributed by atoms with E-state index in [1.54, 1.807) is 0 Å². The molecule has 92 valence electrons. The van der Waals surface area contributed by atoms with Gasteiger partial charge in [-0.1, -0.05) is 23.7 Å². The van der Waals surface area contributed by atoms with E-state index in [0.29, 0.717) is 0 Å². The van der Waals surface area contributed by atoms with E-state index in [9.17, 15) is 0 Å². The monoisotopic (exact) mass is 250 g/mol. The number of rotatable bonds is 6. The lowest BCUT2D eigenvalue weighted by Crippen LogP contribution is -2.17. The normalized spacial score (nSPS) is 19.6. The quantitative estimate of drug-likeness (QED) is 0.811. The maximum atomic E-state index is 6.21. The van der Waals surface area contributed by atoms with Gasteiger partial charge in [0.2, 0.25) is 0 Å². The first-order chi connectivity index (χ1) is 8.31. The summed E-state index contributed by atoms with van der Waals surface area (Å²) in [4.78, 5) is 0. The van der Waals surface area contributed by atoms with Gasteiger partial charge in [-0.15, -0.1) is 0 Å². The standard InChI is InChI=1S/C14H19ClN2/c15-14-6-1-10(8-16-12-2-3-12)7-11(14)9-17-13-4-5-13/h1,6-7,12-13,16-17H,2-5,8-9H2. The molecule has 0 saturated heterocycles. The number of nitrogens with one attached hydrogen (secondary N) is 2. The summed E-state index contributed by atoms with van der Waals surface area (Å²) < 4.78 is 0. The minimum absolute atomic E-state index is 0.735. The van der Waals surface area contributed by atoms with Crippen molar-refractivity contribution >= 4 is 11.6 Å². The third-order valence-corrected chi connectivity index (χ3v) is 3.81. The molecule has 0 heterocycles. The molecule has 2 saturated carbocycles. The first kappa shape index (κ1) is 11.5. The zero-order valence-corrected chi connectivity index (χ0v) is 10.8. The fourth-order valence-electron chi connectivity index (χ4n) is 1.96. The fourth-order valence-corrected chi connectivity index (χ4v) is 2.15. The second-order valence-corrected chi connectivity index (χ2v) is 5.64. The number of hydrogen-bond acceptors (Lipinski definition) is 2. The molecule has 2 N–H and O–H groups in total. The second-order valence-electron chi connectivity index (χ2n) is 5.24. The highest BCUT2D eigenvalue weighted by Crippen LogP contribution is 2.23. The topological polar surface area (TPSA) is 24.1 Å². The molecule has 2 aliphatic carbocycles. The van der Waals surface area contributed by atoms with Gasteiger partial charge in [0, 0.05) is 30.2 Å². The van der Waals surface area contributed by atoms with Crippen molar-refractivity contribution in [2.45, 2.75) is 50.9 Å². The molecule has 0 atom stereocenters. The molecule has 0 aliphatic heterocycles. The highest BCUT2D eigenvalue weighted by Gasteiger charge is 2.21. The van der Waals surface area contributed by atoms with E-state index in [2.05, 4.69) is 22.8 Å². The molecule has 1 aromatic rings. The Kier molecular flexibility index (Phi) is 3.37. The third kappa shape index (κ3) is 3.44. The number of hydrogen-bond donors (Lipinski definition) is 2. The van der Waals surface area contributed by atoms with Gasteiger partial charge in [-0.05, 0) is 42.9 Å². The van der Waals surface area contributed by atoms with E-state index < -0.39 is 0 Å². The Morgan fingerprint density at radius 3 is 2.29 bits per heavy atom. The summed E-state index contributed by atoms with van der Waals surface area (Å²) in [5, 5.41) is 7.93. The van der Waals surface area contributed by atoms with Crippen molar-refractivity contribution in [1.29, 1.82) is 0 Å². The number of halogens is 1. The summed E-state index contributed by atoms with van der Waals surface area (Å²) in [6.07, 6.45) is 5.31. The van der Waals surface area contributed by atoms with Crippen LogP contribution in [-0.4, -0.2) is 12.1 Å². The highest BCUT2D eigenvalue weighted by atomic mass is 35.5. The summed E-state index contributed by atoms with van der Waals surface area (Å²) >= 11 is 6.21. The smallest absolute Gasteiger partial charge is 0.0451 e. The third-order valence-electron chi connectivity index (χ3n) is 3.44. The van der Waals surface area contributed by atoms with Crippen LogP contribution in [0, 0.1) is 0 Å². The predicted octanol–water partition coefficient (Wildman–Crippen LogP) is 2.84. The van der Waals surface area contributed by atoms with Crippen LogP contribution in [0.15, 0.2) is 18.2 Å². The molecule has 2 fully saturated rings. The van der Waals surface area contributed by atoms with Gasteiger partial charge >= 0.3 is 0 Å². The minimum Gasteiger partial charge on any atom is -0.310 e. The van der Waals surface area contributed by atoms with E-state index in [-0.39, 0.29) is 0 Å². The van der Waals surface area contributed by atoms with Crippen LogP contribution < -0.4 is 10.6 Å². The molecule has 0 amide bonds. The minimum atomic E-state index is 0.735. The van der Waals surface area contributed by atoms with E-state index in [0.717, 1.165) is 30.2 Å². The molecule has 3 rings (SSSR count). The largest absolute Gasteiger partial charge is 0.310 e. The van der Waals surface area contributed by atoms with Crippen LogP contribution in [0.4, 0.5) is 0 Å². The van der Waals surface area contributed by atoms with E-state index >= 15 is 0 Å². The lowest BCUT2D eigenvalue weighted by atomic mass is 10.1. The Balaban J connectivity index is 1.60. The van der Waals surface area contributed by atoms with Crippen molar-refractivity contribution in [3.05, 3.63) is 34.3 Å². The van der Waals surface area contributed by atoms with Crippen LogP contribution in [0.3, 0.4) is 0 Å². The van der Waals surface area contributed by atoms with Crippen LogP contribution in [-0.2, 0) is 13.1 Å². The molecule has 17 heavy (non-hydrogen) atoms. The molecule has 2 nitrogen and oxygen atoms in total. The van der Waals surface area contributed by atoms with Gasteiger partial charge in [-0.2, -0.15) is 0 Å². The molecule has 0 bridgehead atoms. The SMILES string of the molecule is Clc1ccc(CNC2CC2)cc1CNC1CC1. The van der Waals surface area contributed by atoms with Crippen molar-refractivity contribution in [1.82, 2.24) is 10.6 Å². The lowest BCUT2D eigenvalue weighted by molar-refractivity contribution is 0.676.